The van der Waals surface area contributed by atoms with Crippen molar-refractivity contribution < 1.29 is 43.1 Å². The molecule has 0 bridgehead atoms. The Labute approximate surface area is 127 Å². The number of unbranched alkanes of at least 4 members (excludes halogenated alkanes) is 1. The Morgan fingerprint density at radius 2 is 2.00 bits per heavy atom. The van der Waals surface area contributed by atoms with Gasteiger partial charge >= 0.3 is 29.6 Å². The fraction of sp³-hybridized carbons (Fsp3) is 0.455. The molecule has 0 aliphatic rings. The Morgan fingerprint density at radius 3 is 2.53 bits per heavy atom. The Balaban J connectivity index is 0.00000256. The molecular formula is C11H16NNaO3S. The van der Waals surface area contributed by atoms with E-state index in [4.69, 9.17) is 4.74 Å². The molecule has 4 nitrogen and oxygen atoms in total. The minimum Gasteiger partial charge on any atom is -0.771 e. The van der Waals surface area contributed by atoms with Gasteiger partial charge in [-0.2, -0.15) is 0 Å². The summed E-state index contributed by atoms with van der Waals surface area (Å²) >= 11 is -2.07. The van der Waals surface area contributed by atoms with Crippen LogP contribution in [-0.4, -0.2) is 21.2 Å². The van der Waals surface area contributed by atoms with Crippen molar-refractivity contribution in [1.82, 2.24) is 0 Å². The summed E-state index contributed by atoms with van der Waals surface area (Å²) < 4.78 is 26.1. The van der Waals surface area contributed by atoms with Crippen LogP contribution in [0.5, 0.6) is 5.75 Å². The molecule has 1 unspecified atom stereocenters. The smallest absolute Gasteiger partial charge is 0.771 e. The predicted molar refractivity (Wildman–Crippen MR) is 64.3 cm³/mol. The number of anilines is 1. The molecule has 0 aliphatic heterocycles. The number of nitrogens with one attached hydrogen (secondary N) is 1. The average Bonchev–Trinajstić information content (AvgIpc) is 2.28. The molecule has 0 spiro atoms. The van der Waals surface area contributed by atoms with Gasteiger partial charge < -0.3 is 14.6 Å². The van der Waals surface area contributed by atoms with Gasteiger partial charge in [0.1, 0.15) is 5.75 Å². The number of hydrogen-bond donors (Lipinski definition) is 1. The van der Waals surface area contributed by atoms with Crippen LogP contribution in [0.2, 0.25) is 0 Å². The van der Waals surface area contributed by atoms with Crippen LogP contribution in [0.3, 0.4) is 0 Å². The van der Waals surface area contributed by atoms with Gasteiger partial charge in [0.05, 0.1) is 12.5 Å². The van der Waals surface area contributed by atoms with Crippen LogP contribution < -0.4 is 39.6 Å². The van der Waals surface area contributed by atoms with E-state index in [0.29, 0.717) is 6.61 Å². The van der Waals surface area contributed by atoms with E-state index < -0.39 is 11.1 Å². The van der Waals surface area contributed by atoms with E-state index in [0.717, 1.165) is 24.3 Å². The van der Waals surface area contributed by atoms with Gasteiger partial charge in [0.25, 0.3) is 0 Å². The molecule has 0 fully saturated rings. The van der Waals surface area contributed by atoms with Gasteiger partial charge in [-0.1, -0.05) is 13.3 Å². The van der Waals surface area contributed by atoms with E-state index in [1.54, 1.807) is 12.1 Å². The molecule has 17 heavy (non-hydrogen) atoms. The van der Waals surface area contributed by atoms with Crippen molar-refractivity contribution in [1.29, 1.82) is 0 Å². The zero-order valence-electron chi connectivity index (χ0n) is 10.3. The molecule has 0 heterocycles. The maximum absolute atomic E-state index is 10.3. The zero-order chi connectivity index (χ0) is 11.8. The van der Waals surface area contributed by atoms with Crippen molar-refractivity contribution >= 4 is 16.8 Å². The van der Waals surface area contributed by atoms with Gasteiger partial charge in [0.2, 0.25) is 0 Å². The Bertz CT molecular complexity index is 332. The summed E-state index contributed by atoms with van der Waals surface area (Å²) in [6.07, 6.45) is 2.14. The molecule has 0 radical (unpaired) electrons. The van der Waals surface area contributed by atoms with Gasteiger partial charge in [0, 0.05) is 5.69 Å². The molecular weight excluding hydrogens is 249 g/mol. The second-order valence-corrected chi connectivity index (χ2v) is 4.25. The predicted octanol–water partition coefficient (Wildman–Crippen LogP) is -0.882. The summed E-state index contributed by atoms with van der Waals surface area (Å²) in [6, 6.07) is 7.25. The van der Waals surface area contributed by atoms with Gasteiger partial charge in [-0.25, -0.2) is 0 Å². The topological polar surface area (TPSA) is 61.4 Å². The monoisotopic (exact) mass is 265 g/mol. The second kappa shape index (κ2) is 9.91. The molecule has 0 aromatic heterocycles. The standard InChI is InChI=1S/C11H17NO3S.Na/c1-2-3-8-15-11-6-4-10(5-7-11)12-9-16(13)14;/h4-7,12H,2-3,8-9H2,1H3,(H,13,14);/q;+1/p-1. The van der Waals surface area contributed by atoms with Crippen LogP contribution in [-0.2, 0) is 11.1 Å². The number of hydrogen-bond acceptors (Lipinski definition) is 4. The maximum Gasteiger partial charge on any atom is 1.00 e. The molecule has 0 saturated carbocycles. The van der Waals surface area contributed by atoms with Gasteiger partial charge in [0.15, 0.2) is 0 Å². The van der Waals surface area contributed by atoms with E-state index in [9.17, 15) is 8.76 Å². The number of benzene rings is 1. The third-order valence-electron chi connectivity index (χ3n) is 2.02. The van der Waals surface area contributed by atoms with Crippen molar-refractivity contribution in [3.8, 4) is 5.75 Å². The largest absolute Gasteiger partial charge is 1.00 e. The summed E-state index contributed by atoms with van der Waals surface area (Å²) in [4.78, 5) is 0. The van der Waals surface area contributed by atoms with Crippen LogP contribution in [0.15, 0.2) is 24.3 Å². The summed E-state index contributed by atoms with van der Waals surface area (Å²) in [7, 11) is 0. The minimum absolute atomic E-state index is 0. The fourth-order valence-electron chi connectivity index (χ4n) is 1.15. The first-order valence-corrected chi connectivity index (χ1v) is 6.49. The molecule has 0 aliphatic carbocycles. The maximum atomic E-state index is 10.3. The Morgan fingerprint density at radius 1 is 1.35 bits per heavy atom. The molecule has 0 amide bonds. The van der Waals surface area contributed by atoms with Gasteiger partial charge in [-0.3, -0.25) is 4.21 Å². The van der Waals surface area contributed by atoms with Gasteiger partial charge in [-0.15, -0.1) is 0 Å². The first kappa shape index (κ1) is 16.9. The molecule has 1 atom stereocenters. The van der Waals surface area contributed by atoms with Crippen LogP contribution in [0.4, 0.5) is 5.69 Å². The third kappa shape index (κ3) is 7.78. The number of ether oxygens (including phenoxy) is 1. The van der Waals surface area contributed by atoms with E-state index in [1.165, 1.54) is 0 Å². The molecule has 0 saturated heterocycles. The molecule has 90 valence electrons. The van der Waals surface area contributed by atoms with Crippen molar-refractivity contribution in [3.63, 3.8) is 0 Å². The van der Waals surface area contributed by atoms with Gasteiger partial charge in [-0.05, 0) is 41.8 Å². The first-order valence-electron chi connectivity index (χ1n) is 5.25. The Hall–Kier alpha value is -0.0700. The molecule has 1 N–H and O–H groups in total. The Kier molecular flexibility index (Phi) is 9.87. The number of rotatable bonds is 7. The van der Waals surface area contributed by atoms with Crippen molar-refractivity contribution in [2.75, 3.05) is 17.8 Å². The third-order valence-corrected chi connectivity index (χ3v) is 2.40. The van der Waals surface area contributed by atoms with E-state index in [1.807, 2.05) is 12.1 Å². The summed E-state index contributed by atoms with van der Waals surface area (Å²) in [5.74, 6) is 0.734. The first-order chi connectivity index (χ1) is 7.72. The summed E-state index contributed by atoms with van der Waals surface area (Å²) in [5.41, 5.74) is 0.770. The minimum atomic E-state index is -2.07. The zero-order valence-corrected chi connectivity index (χ0v) is 13.1. The fourth-order valence-corrected chi connectivity index (χ4v) is 1.43. The quantitative estimate of drug-likeness (QED) is 0.395. The van der Waals surface area contributed by atoms with Crippen molar-refractivity contribution in [3.05, 3.63) is 24.3 Å². The van der Waals surface area contributed by atoms with Crippen LogP contribution in [0, 0.1) is 0 Å². The SMILES string of the molecule is CCCCOc1ccc(NCS(=O)[O-])cc1.[Na+]. The van der Waals surface area contributed by atoms with E-state index in [2.05, 4.69) is 12.2 Å². The van der Waals surface area contributed by atoms with E-state index >= 15 is 0 Å². The van der Waals surface area contributed by atoms with Crippen LogP contribution in [0.25, 0.3) is 0 Å². The summed E-state index contributed by atoms with van der Waals surface area (Å²) in [5, 5.41) is 2.77. The van der Waals surface area contributed by atoms with Crippen molar-refractivity contribution in [2.24, 2.45) is 0 Å². The van der Waals surface area contributed by atoms with Crippen LogP contribution >= 0.6 is 0 Å². The van der Waals surface area contributed by atoms with E-state index in [-0.39, 0.29) is 35.4 Å². The summed E-state index contributed by atoms with van der Waals surface area (Å²) in [6.45, 7) is 2.83. The normalized spacial score (nSPS) is 11.4. The average molecular weight is 265 g/mol. The van der Waals surface area contributed by atoms with Crippen molar-refractivity contribution in [2.45, 2.75) is 19.8 Å². The molecule has 1 aromatic carbocycles. The van der Waals surface area contributed by atoms with Crippen LogP contribution in [0.1, 0.15) is 19.8 Å². The molecule has 1 aromatic rings. The molecule has 1 rings (SSSR count). The molecule has 6 heteroatoms. The second-order valence-electron chi connectivity index (χ2n) is 3.35.